The van der Waals surface area contributed by atoms with Crippen molar-refractivity contribution in [3.8, 4) is 5.75 Å². The van der Waals surface area contributed by atoms with E-state index in [1.54, 1.807) is 29.2 Å². The van der Waals surface area contributed by atoms with E-state index < -0.39 is 24.1 Å². The lowest BCUT2D eigenvalue weighted by molar-refractivity contribution is -0.125. The first-order chi connectivity index (χ1) is 22.2. The third-order valence-corrected chi connectivity index (χ3v) is 8.28. The molecule has 0 spiro atoms. The Balaban J connectivity index is 1.16. The number of furan rings is 1. The fourth-order valence-electron chi connectivity index (χ4n) is 5.77. The highest BCUT2D eigenvalue weighted by Gasteiger charge is 2.32. The molecule has 12 heteroatoms. The number of aliphatic hydroxyl groups is 1. The lowest BCUT2D eigenvalue weighted by Gasteiger charge is -2.27. The first kappa shape index (κ1) is 33.2. The monoisotopic (exact) mass is 635 g/mol. The first-order valence-corrected chi connectivity index (χ1v) is 16.1. The van der Waals surface area contributed by atoms with E-state index in [9.17, 15) is 19.5 Å². The number of amides is 4. The van der Waals surface area contributed by atoms with Gasteiger partial charge in [-0.3, -0.25) is 14.5 Å². The van der Waals surface area contributed by atoms with Gasteiger partial charge in [0.05, 0.1) is 31.9 Å². The summed E-state index contributed by atoms with van der Waals surface area (Å²) in [6.07, 6.45) is 0.519. The highest BCUT2D eigenvalue weighted by Crippen LogP contribution is 2.25. The Hall–Kier alpha value is -4.13. The minimum atomic E-state index is -0.968. The van der Waals surface area contributed by atoms with Gasteiger partial charge in [-0.2, -0.15) is 0 Å². The van der Waals surface area contributed by atoms with E-state index in [-0.39, 0.29) is 30.2 Å². The number of likely N-dealkylation sites (tertiary alicyclic amines) is 1. The van der Waals surface area contributed by atoms with E-state index in [0.29, 0.717) is 49.4 Å². The van der Waals surface area contributed by atoms with Gasteiger partial charge >= 0.3 is 6.03 Å². The molecule has 248 valence electrons. The molecular weight excluding hydrogens is 590 g/mol. The molecule has 3 aromatic rings. The maximum Gasteiger partial charge on any atom is 0.321 e. The smallest absolute Gasteiger partial charge is 0.321 e. The van der Waals surface area contributed by atoms with Crippen molar-refractivity contribution in [3.63, 3.8) is 0 Å². The number of anilines is 1. The Labute approximate surface area is 269 Å². The van der Waals surface area contributed by atoms with Gasteiger partial charge in [0.15, 0.2) is 5.76 Å². The number of ether oxygens (including phenoxy) is 2. The fourth-order valence-corrected chi connectivity index (χ4v) is 5.77. The zero-order valence-corrected chi connectivity index (χ0v) is 26.6. The topological polar surface area (TPSA) is 146 Å². The summed E-state index contributed by atoms with van der Waals surface area (Å²) in [6.45, 7) is 9.07. The first-order valence-electron chi connectivity index (χ1n) is 16.1. The molecule has 0 saturated carbocycles. The van der Waals surface area contributed by atoms with Crippen LogP contribution in [0.15, 0.2) is 59.0 Å². The minimum Gasteiger partial charge on any atom is -0.492 e. The average Bonchev–Trinajstić information content (AvgIpc) is 3.39. The normalized spacial score (nSPS) is 19.8. The number of hydrogen-bond donors (Lipinski definition) is 4. The van der Waals surface area contributed by atoms with Crippen LogP contribution in [0.25, 0.3) is 11.0 Å². The van der Waals surface area contributed by atoms with E-state index >= 15 is 0 Å². The molecule has 2 aliphatic rings. The number of nitrogens with zero attached hydrogens (tertiary/aromatic N) is 2. The molecule has 0 aliphatic carbocycles. The number of morpholine rings is 1. The van der Waals surface area contributed by atoms with Gasteiger partial charge in [-0.15, -0.1) is 0 Å². The molecule has 1 aromatic heterocycles. The number of urea groups is 1. The van der Waals surface area contributed by atoms with Crippen molar-refractivity contribution in [2.45, 2.75) is 51.3 Å². The van der Waals surface area contributed by atoms with Crippen LogP contribution in [0.3, 0.4) is 0 Å². The summed E-state index contributed by atoms with van der Waals surface area (Å²) in [5.74, 6) is -0.00215. The zero-order valence-electron chi connectivity index (χ0n) is 26.6. The summed E-state index contributed by atoms with van der Waals surface area (Å²) >= 11 is 0. The van der Waals surface area contributed by atoms with Crippen LogP contribution in [0.5, 0.6) is 5.75 Å². The third-order valence-electron chi connectivity index (χ3n) is 8.28. The SMILES string of the molecule is CC(C)C[C@H](NC(=O)c1cc2cc(OCCN3CCOCC3)ccc2o1)C(=O)NC1CCCN(C(=O)Nc2ccccc2)CC1O. The molecule has 4 N–H and O–H groups in total. The van der Waals surface area contributed by atoms with Gasteiger partial charge in [-0.1, -0.05) is 32.0 Å². The standard InChI is InChI=1S/C34H45N5O7/c1-23(2)19-28(32(41)36-27-9-6-12-39(22-29(27)40)34(43)35-25-7-4-3-5-8-25)37-33(42)31-21-24-20-26(10-11-30(24)46-31)45-18-15-38-13-16-44-17-14-38/h3-5,7-8,10-11,20-21,23,27-29,40H,6,9,12-19,22H2,1-2H3,(H,35,43)(H,36,41)(H,37,42)/t27?,28-,29?/m0/s1. The molecule has 2 saturated heterocycles. The predicted molar refractivity (Wildman–Crippen MR) is 174 cm³/mol. The number of carbonyl (C=O) groups excluding carboxylic acids is 3. The number of benzene rings is 2. The number of β-amino-alcohol motifs (C(OH)–C–C–N with tert-alkyl or cyclic N) is 1. The molecule has 46 heavy (non-hydrogen) atoms. The molecule has 2 unspecified atom stereocenters. The van der Waals surface area contributed by atoms with Crippen molar-refractivity contribution in [2.24, 2.45) is 5.92 Å². The molecule has 5 rings (SSSR count). The van der Waals surface area contributed by atoms with Crippen LogP contribution in [0.4, 0.5) is 10.5 Å². The number of fused-ring (bicyclic) bond motifs is 1. The summed E-state index contributed by atoms with van der Waals surface area (Å²) in [5.41, 5.74) is 1.21. The molecule has 12 nitrogen and oxygen atoms in total. The molecular formula is C34H45N5O7. The summed E-state index contributed by atoms with van der Waals surface area (Å²) in [5, 5.41) is 20.3. The van der Waals surface area contributed by atoms with Crippen molar-refractivity contribution in [1.82, 2.24) is 20.4 Å². The van der Waals surface area contributed by atoms with Crippen LogP contribution >= 0.6 is 0 Å². The van der Waals surface area contributed by atoms with Gasteiger partial charge in [0.1, 0.15) is 24.0 Å². The van der Waals surface area contributed by atoms with Crippen molar-refractivity contribution in [1.29, 1.82) is 0 Å². The molecule has 0 radical (unpaired) electrons. The quantitative estimate of drug-likeness (QED) is 0.251. The molecule has 2 fully saturated rings. The van der Waals surface area contributed by atoms with Gasteiger partial charge in [0.2, 0.25) is 5.91 Å². The van der Waals surface area contributed by atoms with Crippen molar-refractivity contribution in [3.05, 3.63) is 60.4 Å². The summed E-state index contributed by atoms with van der Waals surface area (Å²) in [4.78, 5) is 43.4. The molecule has 0 bridgehead atoms. The van der Waals surface area contributed by atoms with Gasteiger partial charge < -0.3 is 39.8 Å². The number of hydrogen-bond acceptors (Lipinski definition) is 8. The number of aliphatic hydroxyl groups excluding tert-OH is 1. The van der Waals surface area contributed by atoms with E-state index in [2.05, 4.69) is 20.9 Å². The number of rotatable bonds is 11. The molecule has 3 heterocycles. The van der Waals surface area contributed by atoms with E-state index in [4.69, 9.17) is 13.9 Å². The Morgan fingerprint density at radius 3 is 2.59 bits per heavy atom. The van der Waals surface area contributed by atoms with Crippen LogP contribution in [0.1, 0.15) is 43.7 Å². The summed E-state index contributed by atoms with van der Waals surface area (Å²) in [6, 6.07) is 14.5. The van der Waals surface area contributed by atoms with Crippen LogP contribution in [0.2, 0.25) is 0 Å². The highest BCUT2D eigenvalue weighted by molar-refractivity contribution is 5.99. The number of nitrogens with one attached hydrogen (secondary N) is 3. The van der Waals surface area contributed by atoms with Crippen molar-refractivity contribution in [2.75, 3.05) is 57.9 Å². The van der Waals surface area contributed by atoms with Crippen molar-refractivity contribution >= 4 is 34.5 Å². The Morgan fingerprint density at radius 2 is 1.83 bits per heavy atom. The predicted octanol–water partition coefficient (Wildman–Crippen LogP) is 3.46. The van der Waals surface area contributed by atoms with Crippen LogP contribution in [-0.4, -0.2) is 103 Å². The van der Waals surface area contributed by atoms with Crippen LogP contribution in [-0.2, 0) is 9.53 Å². The lowest BCUT2D eigenvalue weighted by Crippen LogP contribution is -2.54. The largest absolute Gasteiger partial charge is 0.492 e. The van der Waals surface area contributed by atoms with Crippen LogP contribution < -0.4 is 20.7 Å². The highest BCUT2D eigenvalue weighted by atomic mass is 16.5. The second-order valence-corrected chi connectivity index (χ2v) is 12.3. The molecule has 2 aromatic carbocycles. The van der Waals surface area contributed by atoms with E-state index in [1.807, 2.05) is 44.2 Å². The van der Waals surface area contributed by atoms with Gasteiger partial charge in [0, 0.05) is 37.3 Å². The number of para-hydroxylation sites is 1. The Bertz CT molecular complexity index is 1460. The summed E-state index contributed by atoms with van der Waals surface area (Å²) in [7, 11) is 0. The van der Waals surface area contributed by atoms with E-state index in [1.165, 1.54) is 0 Å². The van der Waals surface area contributed by atoms with Gasteiger partial charge in [-0.05, 0) is 61.6 Å². The fraction of sp³-hybridized carbons (Fsp3) is 0.500. The van der Waals surface area contributed by atoms with Gasteiger partial charge in [0.25, 0.3) is 5.91 Å². The van der Waals surface area contributed by atoms with Crippen molar-refractivity contribution < 1.29 is 33.4 Å². The number of carbonyl (C=O) groups is 3. The van der Waals surface area contributed by atoms with Crippen LogP contribution in [0, 0.1) is 5.92 Å². The Kier molecular flexibility index (Phi) is 11.5. The average molecular weight is 636 g/mol. The second kappa shape index (κ2) is 15.9. The Morgan fingerprint density at radius 1 is 1.04 bits per heavy atom. The van der Waals surface area contributed by atoms with E-state index in [0.717, 1.165) is 38.2 Å². The zero-order chi connectivity index (χ0) is 32.5. The summed E-state index contributed by atoms with van der Waals surface area (Å²) < 4.78 is 17.2. The maximum absolute atomic E-state index is 13.5. The minimum absolute atomic E-state index is 0.0721. The molecule has 2 aliphatic heterocycles. The molecule has 4 amide bonds. The second-order valence-electron chi connectivity index (χ2n) is 12.3. The maximum atomic E-state index is 13.5. The molecule has 3 atom stereocenters. The van der Waals surface area contributed by atoms with Gasteiger partial charge in [-0.25, -0.2) is 4.79 Å². The lowest BCUT2D eigenvalue weighted by atomic mass is 10.0. The third kappa shape index (κ3) is 9.21.